The summed E-state index contributed by atoms with van der Waals surface area (Å²) in [7, 11) is 0. The van der Waals surface area contributed by atoms with Crippen molar-refractivity contribution in [3.63, 3.8) is 0 Å². The number of aliphatic hydroxyl groups is 1. The van der Waals surface area contributed by atoms with Crippen LogP contribution in [0.4, 0.5) is 10.2 Å². The van der Waals surface area contributed by atoms with Crippen molar-refractivity contribution in [1.29, 1.82) is 0 Å². The Bertz CT molecular complexity index is 1140. The predicted octanol–water partition coefficient (Wildman–Crippen LogP) is 4.40. The fourth-order valence-corrected chi connectivity index (χ4v) is 3.39. The third-order valence-electron chi connectivity index (χ3n) is 4.61. The second kappa shape index (κ2) is 7.18. The number of aromatic nitrogens is 1. The van der Waals surface area contributed by atoms with Crippen LogP contribution in [0.25, 0.3) is 5.76 Å². The second-order valence-electron chi connectivity index (χ2n) is 6.52. The van der Waals surface area contributed by atoms with E-state index in [-0.39, 0.29) is 17.0 Å². The van der Waals surface area contributed by atoms with Crippen LogP contribution < -0.4 is 4.90 Å². The van der Waals surface area contributed by atoms with Gasteiger partial charge in [-0.3, -0.25) is 14.5 Å². The predicted molar refractivity (Wildman–Crippen MR) is 104 cm³/mol. The van der Waals surface area contributed by atoms with Gasteiger partial charge in [-0.15, -0.1) is 0 Å². The lowest BCUT2D eigenvalue weighted by Gasteiger charge is -2.22. The van der Waals surface area contributed by atoms with Crippen LogP contribution in [-0.4, -0.2) is 22.0 Å². The molecule has 1 aliphatic heterocycles. The Balaban J connectivity index is 1.93. The molecule has 0 spiro atoms. The van der Waals surface area contributed by atoms with Crippen LogP contribution >= 0.6 is 11.6 Å². The maximum Gasteiger partial charge on any atom is 0.301 e. The number of rotatable bonds is 3. The van der Waals surface area contributed by atoms with E-state index in [0.717, 1.165) is 17.0 Å². The molecule has 1 aliphatic rings. The summed E-state index contributed by atoms with van der Waals surface area (Å²) >= 11 is 5.97. The van der Waals surface area contributed by atoms with Crippen LogP contribution in [0.15, 0.2) is 64.7 Å². The first-order valence-corrected chi connectivity index (χ1v) is 9.00. The van der Waals surface area contributed by atoms with E-state index < -0.39 is 29.3 Å². The van der Waals surface area contributed by atoms with E-state index in [1.54, 1.807) is 31.2 Å². The number of nitrogens with zero attached hydrogens (tertiary/aromatic N) is 2. The lowest BCUT2D eigenvalue weighted by molar-refractivity contribution is -0.132. The van der Waals surface area contributed by atoms with Gasteiger partial charge in [0.05, 0.1) is 11.6 Å². The smallest absolute Gasteiger partial charge is 0.301 e. The van der Waals surface area contributed by atoms with E-state index >= 15 is 0 Å². The fourth-order valence-electron chi connectivity index (χ4n) is 3.26. The molecule has 2 heterocycles. The molecule has 1 aromatic heterocycles. The van der Waals surface area contributed by atoms with Crippen LogP contribution in [0.5, 0.6) is 0 Å². The zero-order chi connectivity index (χ0) is 20.7. The first-order chi connectivity index (χ1) is 13.9. The number of halogens is 2. The van der Waals surface area contributed by atoms with Gasteiger partial charge in [0.1, 0.15) is 17.3 Å². The van der Waals surface area contributed by atoms with Gasteiger partial charge in [0.15, 0.2) is 5.82 Å². The zero-order valence-corrected chi connectivity index (χ0v) is 15.9. The lowest BCUT2D eigenvalue weighted by atomic mass is 9.95. The van der Waals surface area contributed by atoms with Crippen LogP contribution in [0.3, 0.4) is 0 Å². The number of benzene rings is 2. The Morgan fingerprint density at radius 1 is 1.14 bits per heavy atom. The molecule has 0 radical (unpaired) electrons. The number of aryl methyl sites for hydroxylation is 1. The van der Waals surface area contributed by atoms with Gasteiger partial charge in [-0.1, -0.05) is 28.9 Å². The molecule has 0 bridgehead atoms. The molecule has 1 fully saturated rings. The molecule has 0 saturated carbocycles. The Kier molecular flexibility index (Phi) is 4.68. The van der Waals surface area contributed by atoms with Gasteiger partial charge in [0.2, 0.25) is 0 Å². The lowest BCUT2D eigenvalue weighted by Crippen LogP contribution is -2.29. The van der Waals surface area contributed by atoms with Crippen molar-refractivity contribution in [2.24, 2.45) is 0 Å². The number of aliphatic hydroxyl groups excluding tert-OH is 1. The third kappa shape index (κ3) is 3.30. The first-order valence-electron chi connectivity index (χ1n) is 8.62. The number of Topliss-reactive ketones (excluding diaryl/α,β-unsaturated/α-hetero) is 1. The summed E-state index contributed by atoms with van der Waals surface area (Å²) < 4.78 is 18.3. The average molecular weight is 413 g/mol. The van der Waals surface area contributed by atoms with Gasteiger partial charge in [-0.05, 0) is 48.9 Å². The summed E-state index contributed by atoms with van der Waals surface area (Å²) in [5, 5.41) is 15.2. The number of amides is 1. The Morgan fingerprint density at radius 3 is 2.38 bits per heavy atom. The van der Waals surface area contributed by atoms with Crippen LogP contribution in [0, 0.1) is 12.7 Å². The highest BCUT2D eigenvalue weighted by atomic mass is 35.5. The topological polar surface area (TPSA) is 83.6 Å². The minimum absolute atomic E-state index is 0.135. The molecule has 29 heavy (non-hydrogen) atoms. The average Bonchev–Trinajstić information content (AvgIpc) is 3.24. The number of ketones is 1. The van der Waals surface area contributed by atoms with E-state index in [1.165, 1.54) is 18.2 Å². The number of carbonyl (C=O) groups is 2. The minimum atomic E-state index is -0.957. The molecule has 1 saturated heterocycles. The van der Waals surface area contributed by atoms with Crippen molar-refractivity contribution in [2.75, 3.05) is 4.90 Å². The Labute approximate surface area is 169 Å². The summed E-state index contributed by atoms with van der Waals surface area (Å²) in [6.45, 7) is 1.66. The highest BCUT2D eigenvalue weighted by molar-refractivity contribution is 6.51. The number of carbonyl (C=O) groups excluding carboxylic acids is 2. The largest absolute Gasteiger partial charge is 0.507 e. The van der Waals surface area contributed by atoms with Crippen molar-refractivity contribution in [3.8, 4) is 0 Å². The fraction of sp³-hybridized carbons (Fsp3) is 0.0952. The molecular weight excluding hydrogens is 399 g/mol. The van der Waals surface area contributed by atoms with Crippen LogP contribution in [0.1, 0.15) is 22.9 Å². The SMILES string of the molecule is Cc1cc(N2C(=O)C(=O)/C(=C(\O)c3ccc(F)cc3)C2c2ccc(Cl)cc2)no1. The van der Waals surface area contributed by atoms with Crippen molar-refractivity contribution < 1.29 is 23.6 Å². The third-order valence-corrected chi connectivity index (χ3v) is 4.86. The maximum absolute atomic E-state index is 13.3. The normalized spacial score (nSPS) is 18.4. The summed E-state index contributed by atoms with van der Waals surface area (Å²) in [4.78, 5) is 26.9. The Hall–Kier alpha value is -3.45. The summed E-state index contributed by atoms with van der Waals surface area (Å²) in [6.07, 6.45) is 0. The summed E-state index contributed by atoms with van der Waals surface area (Å²) in [5.74, 6) is -2.05. The van der Waals surface area contributed by atoms with Gasteiger partial charge in [-0.2, -0.15) is 0 Å². The molecule has 0 aliphatic carbocycles. The van der Waals surface area contributed by atoms with Crippen molar-refractivity contribution in [2.45, 2.75) is 13.0 Å². The standard InChI is InChI=1S/C21H14ClFN2O4/c1-11-10-16(24-29-11)25-18(12-2-6-14(22)7-3-12)17(20(27)21(25)28)19(26)13-4-8-15(23)9-5-13/h2-10,18,26H,1H3/b19-17-. The first kappa shape index (κ1) is 18.9. The van der Waals surface area contributed by atoms with E-state index in [2.05, 4.69) is 5.16 Å². The molecule has 1 N–H and O–H groups in total. The molecule has 1 amide bonds. The zero-order valence-electron chi connectivity index (χ0n) is 15.1. The van der Waals surface area contributed by atoms with Crippen molar-refractivity contribution >= 4 is 34.9 Å². The molecule has 1 unspecified atom stereocenters. The van der Waals surface area contributed by atoms with Crippen molar-refractivity contribution in [1.82, 2.24) is 5.16 Å². The molecule has 1 atom stereocenters. The van der Waals surface area contributed by atoms with Gasteiger partial charge < -0.3 is 9.63 Å². The Morgan fingerprint density at radius 2 is 1.79 bits per heavy atom. The molecular formula is C21H14ClFN2O4. The summed E-state index contributed by atoms with van der Waals surface area (Å²) in [6, 6.07) is 12.1. The maximum atomic E-state index is 13.3. The van der Waals surface area contributed by atoms with E-state index in [4.69, 9.17) is 16.1 Å². The number of hydrogen-bond acceptors (Lipinski definition) is 5. The van der Waals surface area contributed by atoms with E-state index in [9.17, 15) is 19.1 Å². The van der Waals surface area contributed by atoms with E-state index in [1.807, 2.05) is 0 Å². The quantitative estimate of drug-likeness (QED) is 0.391. The monoisotopic (exact) mass is 412 g/mol. The number of anilines is 1. The van der Waals surface area contributed by atoms with E-state index in [0.29, 0.717) is 16.3 Å². The van der Waals surface area contributed by atoms with Gasteiger partial charge in [0.25, 0.3) is 5.78 Å². The number of hydrogen-bond donors (Lipinski definition) is 1. The van der Waals surface area contributed by atoms with Gasteiger partial charge >= 0.3 is 5.91 Å². The van der Waals surface area contributed by atoms with Crippen LogP contribution in [0.2, 0.25) is 5.02 Å². The van der Waals surface area contributed by atoms with Gasteiger partial charge in [0, 0.05) is 16.7 Å². The minimum Gasteiger partial charge on any atom is -0.507 e. The van der Waals surface area contributed by atoms with Gasteiger partial charge in [-0.25, -0.2) is 4.39 Å². The molecule has 2 aromatic carbocycles. The molecule has 8 heteroatoms. The van der Waals surface area contributed by atoms with Crippen LogP contribution in [-0.2, 0) is 9.59 Å². The van der Waals surface area contributed by atoms with Crippen molar-refractivity contribution in [3.05, 3.63) is 87.9 Å². The highest BCUT2D eigenvalue weighted by Crippen LogP contribution is 2.42. The molecule has 146 valence electrons. The molecule has 6 nitrogen and oxygen atoms in total. The summed E-state index contributed by atoms with van der Waals surface area (Å²) in [5.41, 5.74) is 0.613. The second-order valence-corrected chi connectivity index (χ2v) is 6.96. The highest BCUT2D eigenvalue weighted by Gasteiger charge is 2.48. The molecule has 3 aromatic rings. The molecule has 4 rings (SSSR count).